The quantitative estimate of drug-likeness (QED) is 0.104. The van der Waals surface area contributed by atoms with Gasteiger partial charge in [0.2, 0.25) is 0 Å². The van der Waals surface area contributed by atoms with E-state index in [1.165, 1.54) is 109 Å². The fourth-order valence-electron chi connectivity index (χ4n) is 3.49. The molecule has 0 aliphatic carbocycles. The Balaban J connectivity index is 0. The van der Waals surface area contributed by atoms with Gasteiger partial charge in [-0.1, -0.05) is 96.8 Å². The van der Waals surface area contributed by atoms with E-state index < -0.39 is 0 Å². The van der Waals surface area contributed by atoms with Crippen LogP contribution in [0.1, 0.15) is 116 Å². The molecule has 0 aromatic carbocycles. The van der Waals surface area contributed by atoms with Crippen LogP contribution in [0, 0.1) is 0 Å². The zero-order chi connectivity index (χ0) is 19.3. The first-order chi connectivity index (χ1) is 12.7. The van der Waals surface area contributed by atoms with E-state index in [0.29, 0.717) is 0 Å². The van der Waals surface area contributed by atoms with E-state index in [1.54, 1.807) is 0 Å². The van der Waals surface area contributed by atoms with Gasteiger partial charge in [-0.2, -0.15) is 0 Å². The summed E-state index contributed by atoms with van der Waals surface area (Å²) in [6, 6.07) is 0. The Morgan fingerprint density at radius 3 is 1.11 bits per heavy atom. The molecule has 0 rings (SSSR count). The lowest BCUT2D eigenvalue weighted by atomic mass is 10.0. The van der Waals surface area contributed by atoms with Crippen LogP contribution in [-0.4, -0.2) is 43.1 Å². The van der Waals surface area contributed by atoms with Crippen molar-refractivity contribution < 1.29 is 0 Å². The molecule has 0 atom stereocenters. The molecular weight excluding hydrogens is 375 g/mol. The summed E-state index contributed by atoms with van der Waals surface area (Å²) < 4.78 is 0. The molecule has 0 aromatic heterocycles. The van der Waals surface area contributed by atoms with Crippen molar-refractivity contribution in [1.82, 2.24) is 10.0 Å². The van der Waals surface area contributed by atoms with Crippen molar-refractivity contribution in [3.8, 4) is 0 Å². The number of hydrazine groups is 1. The van der Waals surface area contributed by atoms with Crippen molar-refractivity contribution in [3.63, 3.8) is 0 Å². The Kier molecular flexibility index (Phi) is 27.0. The highest BCUT2D eigenvalue weighted by Crippen LogP contribution is 2.13. The summed E-state index contributed by atoms with van der Waals surface area (Å²) in [5.41, 5.74) is 0. The van der Waals surface area contributed by atoms with Crippen LogP contribution in [0.5, 0.6) is 0 Å². The van der Waals surface area contributed by atoms with E-state index in [0.717, 1.165) is 18.8 Å². The van der Waals surface area contributed by atoms with Crippen LogP contribution in [0.3, 0.4) is 0 Å². The van der Waals surface area contributed by atoms with Gasteiger partial charge in [0.05, 0.1) is 0 Å². The van der Waals surface area contributed by atoms with Crippen molar-refractivity contribution >= 4 is 24.0 Å². The standard InChI is InChI=1S/C23H49ClN2.ClH/c1-4-5-6-7-8-9-10-11-12-13-14-15-16-19-22-25(2)26(3)23-20-17-18-21-24;/h4-23H2,1-3H3;1H. The smallest absolute Gasteiger partial charge is 0.0223 e. The maximum Gasteiger partial charge on any atom is 0.0223 e. The number of halogens is 2. The van der Waals surface area contributed by atoms with Crippen molar-refractivity contribution in [3.05, 3.63) is 0 Å². The van der Waals surface area contributed by atoms with Crippen molar-refractivity contribution in [2.24, 2.45) is 0 Å². The zero-order valence-electron chi connectivity index (χ0n) is 18.8. The molecule has 0 spiro atoms. The van der Waals surface area contributed by atoms with Crippen LogP contribution in [0.15, 0.2) is 0 Å². The van der Waals surface area contributed by atoms with Gasteiger partial charge in [0.1, 0.15) is 0 Å². The van der Waals surface area contributed by atoms with E-state index in [1.807, 2.05) is 0 Å². The molecule has 27 heavy (non-hydrogen) atoms. The largest absolute Gasteiger partial charge is 0.245 e. The highest BCUT2D eigenvalue weighted by Gasteiger charge is 2.04. The van der Waals surface area contributed by atoms with Gasteiger partial charge in [0.15, 0.2) is 0 Å². The second-order valence-corrected chi connectivity index (χ2v) is 8.49. The second kappa shape index (κ2) is 24.5. The van der Waals surface area contributed by atoms with Crippen LogP contribution in [0.4, 0.5) is 0 Å². The molecule has 0 heterocycles. The van der Waals surface area contributed by atoms with Crippen molar-refractivity contribution in [2.45, 2.75) is 116 Å². The SMILES string of the molecule is CCCCCCCCCCCCCCCCN(C)N(C)CCCCCCl.Cl. The van der Waals surface area contributed by atoms with Crippen LogP contribution in [0.25, 0.3) is 0 Å². The number of rotatable bonds is 21. The highest BCUT2D eigenvalue weighted by molar-refractivity contribution is 6.17. The topological polar surface area (TPSA) is 6.48 Å². The average Bonchev–Trinajstić information content (AvgIpc) is 2.65. The molecule has 0 bridgehead atoms. The number of hydrogen-bond donors (Lipinski definition) is 0. The summed E-state index contributed by atoms with van der Waals surface area (Å²) in [7, 11) is 4.44. The number of hydrogen-bond acceptors (Lipinski definition) is 2. The van der Waals surface area contributed by atoms with Gasteiger partial charge in [0.25, 0.3) is 0 Å². The fourth-order valence-corrected chi connectivity index (χ4v) is 3.68. The number of unbranched alkanes of at least 4 members (excludes halogenated alkanes) is 15. The lowest BCUT2D eigenvalue weighted by Crippen LogP contribution is -2.37. The first-order valence-electron chi connectivity index (χ1n) is 11.7. The van der Waals surface area contributed by atoms with Gasteiger partial charge < -0.3 is 0 Å². The lowest BCUT2D eigenvalue weighted by molar-refractivity contribution is 0.0241. The third-order valence-electron chi connectivity index (χ3n) is 5.53. The number of alkyl halides is 1. The molecule has 0 saturated heterocycles. The van der Waals surface area contributed by atoms with E-state index in [9.17, 15) is 0 Å². The molecule has 166 valence electrons. The third kappa shape index (κ3) is 22.7. The van der Waals surface area contributed by atoms with E-state index >= 15 is 0 Å². The summed E-state index contributed by atoms with van der Waals surface area (Å²) in [5, 5.41) is 4.76. The second-order valence-electron chi connectivity index (χ2n) is 8.11. The Labute approximate surface area is 183 Å². The van der Waals surface area contributed by atoms with E-state index in [-0.39, 0.29) is 12.4 Å². The molecule has 2 nitrogen and oxygen atoms in total. The van der Waals surface area contributed by atoms with Gasteiger partial charge in [-0.3, -0.25) is 0 Å². The molecule has 0 N–H and O–H groups in total. The molecule has 0 aliphatic heterocycles. The minimum Gasteiger partial charge on any atom is -0.245 e. The summed E-state index contributed by atoms with van der Waals surface area (Å²) in [4.78, 5) is 0. The Morgan fingerprint density at radius 2 is 0.778 bits per heavy atom. The molecule has 0 fully saturated rings. The maximum atomic E-state index is 5.73. The normalized spacial score (nSPS) is 11.3. The molecule has 0 aromatic rings. The summed E-state index contributed by atoms with van der Waals surface area (Å²) in [6.07, 6.45) is 23.7. The fraction of sp³-hybridized carbons (Fsp3) is 1.00. The average molecular weight is 426 g/mol. The molecule has 4 heteroatoms. The molecular formula is C23H50Cl2N2. The van der Waals surface area contributed by atoms with Crippen LogP contribution in [-0.2, 0) is 0 Å². The molecule has 0 aliphatic rings. The monoisotopic (exact) mass is 424 g/mol. The van der Waals surface area contributed by atoms with Crippen molar-refractivity contribution in [1.29, 1.82) is 0 Å². The predicted octanol–water partition coefficient (Wildman–Crippen LogP) is 8.08. The maximum absolute atomic E-state index is 5.73. The highest BCUT2D eigenvalue weighted by atomic mass is 35.5. The Hall–Kier alpha value is 0.500. The molecule has 0 radical (unpaired) electrons. The molecule has 0 amide bonds. The van der Waals surface area contributed by atoms with E-state index in [2.05, 4.69) is 31.0 Å². The minimum absolute atomic E-state index is 0. The van der Waals surface area contributed by atoms with Gasteiger partial charge in [-0.15, -0.1) is 24.0 Å². The summed E-state index contributed by atoms with van der Waals surface area (Å²) in [6.45, 7) is 4.65. The number of nitrogens with zero attached hydrogens (tertiary/aromatic N) is 2. The first kappa shape index (κ1) is 29.7. The Bertz CT molecular complexity index is 265. The lowest BCUT2D eigenvalue weighted by Gasteiger charge is -2.28. The van der Waals surface area contributed by atoms with Gasteiger partial charge in [0, 0.05) is 33.1 Å². The van der Waals surface area contributed by atoms with Crippen LogP contribution >= 0.6 is 24.0 Å². The molecule has 0 saturated carbocycles. The first-order valence-corrected chi connectivity index (χ1v) is 12.2. The van der Waals surface area contributed by atoms with Crippen molar-refractivity contribution in [2.75, 3.05) is 33.1 Å². The van der Waals surface area contributed by atoms with Gasteiger partial charge in [-0.25, -0.2) is 10.0 Å². The summed E-state index contributed by atoms with van der Waals surface area (Å²) in [5.74, 6) is 0.804. The van der Waals surface area contributed by atoms with Gasteiger partial charge in [-0.05, 0) is 19.3 Å². The van der Waals surface area contributed by atoms with Crippen LogP contribution in [0.2, 0.25) is 0 Å². The predicted molar refractivity (Wildman–Crippen MR) is 127 cm³/mol. The Morgan fingerprint density at radius 1 is 0.481 bits per heavy atom. The molecule has 0 unspecified atom stereocenters. The summed E-state index contributed by atoms with van der Waals surface area (Å²) >= 11 is 5.73. The van der Waals surface area contributed by atoms with E-state index in [4.69, 9.17) is 11.6 Å². The third-order valence-corrected chi connectivity index (χ3v) is 5.80. The van der Waals surface area contributed by atoms with Gasteiger partial charge >= 0.3 is 0 Å². The van der Waals surface area contributed by atoms with Crippen LogP contribution < -0.4 is 0 Å². The minimum atomic E-state index is 0. The zero-order valence-corrected chi connectivity index (χ0v) is 20.4.